The van der Waals surface area contributed by atoms with E-state index in [2.05, 4.69) is 24.3 Å². The molecule has 1 amide bonds. The average molecular weight is 343 g/mol. The number of aliphatic carboxylic acids is 1. The molecule has 2 rings (SSSR count). The summed E-state index contributed by atoms with van der Waals surface area (Å²) in [7, 11) is 1.77. The van der Waals surface area contributed by atoms with Gasteiger partial charge in [-0.05, 0) is 32.3 Å². The van der Waals surface area contributed by atoms with Crippen molar-refractivity contribution in [3.8, 4) is 0 Å². The van der Waals surface area contributed by atoms with Gasteiger partial charge in [0.1, 0.15) is 12.2 Å². The van der Waals surface area contributed by atoms with Crippen LogP contribution >= 0.6 is 0 Å². The molecule has 0 spiro atoms. The van der Waals surface area contributed by atoms with Gasteiger partial charge in [0.25, 0.3) is 5.91 Å². The number of benzene rings is 1. The van der Waals surface area contributed by atoms with E-state index in [1.165, 1.54) is 17.4 Å². The van der Waals surface area contributed by atoms with E-state index in [4.69, 9.17) is 9.52 Å². The van der Waals surface area contributed by atoms with E-state index in [0.29, 0.717) is 11.1 Å². The van der Waals surface area contributed by atoms with Crippen molar-refractivity contribution in [2.45, 2.75) is 46.1 Å². The minimum absolute atomic E-state index is 0.0298. The highest BCUT2D eigenvalue weighted by Gasteiger charge is 2.26. The predicted molar refractivity (Wildman–Crippen MR) is 95.8 cm³/mol. The summed E-state index contributed by atoms with van der Waals surface area (Å²) in [6.45, 7) is 5.85. The van der Waals surface area contributed by atoms with E-state index in [9.17, 15) is 9.59 Å². The Kier molecular flexibility index (Phi) is 6.02. The Balaban J connectivity index is 2.21. The Morgan fingerprint density at radius 2 is 1.84 bits per heavy atom. The first-order valence-corrected chi connectivity index (χ1v) is 8.45. The zero-order chi connectivity index (χ0) is 18.6. The number of rotatable bonds is 7. The van der Waals surface area contributed by atoms with Crippen LogP contribution in [0, 0.1) is 13.8 Å². The van der Waals surface area contributed by atoms with Gasteiger partial charge >= 0.3 is 5.97 Å². The van der Waals surface area contributed by atoms with Gasteiger partial charge in [-0.2, -0.15) is 0 Å². The number of furan rings is 1. The van der Waals surface area contributed by atoms with E-state index in [1.807, 2.05) is 13.8 Å². The normalized spacial score (nSPS) is 12.0. The van der Waals surface area contributed by atoms with Gasteiger partial charge in [0.15, 0.2) is 0 Å². The van der Waals surface area contributed by atoms with Crippen molar-refractivity contribution in [2.75, 3.05) is 7.05 Å². The second-order valence-electron chi connectivity index (χ2n) is 6.46. The number of likely N-dealkylation sites (N-methyl/N-ethyl adjacent to an activating group) is 1. The molecule has 5 heteroatoms. The molecular formula is C20H25NO4. The van der Waals surface area contributed by atoms with Crippen molar-refractivity contribution in [3.63, 3.8) is 0 Å². The van der Waals surface area contributed by atoms with Crippen molar-refractivity contribution in [1.29, 1.82) is 0 Å². The predicted octanol–water partition coefficient (Wildman–Crippen LogP) is 3.62. The maximum Gasteiger partial charge on any atom is 0.311 e. The molecule has 1 N–H and O–H groups in total. The van der Waals surface area contributed by atoms with E-state index < -0.39 is 5.97 Å². The Morgan fingerprint density at radius 1 is 1.20 bits per heavy atom. The minimum Gasteiger partial charge on any atom is -0.481 e. The zero-order valence-corrected chi connectivity index (χ0v) is 15.2. The first-order valence-electron chi connectivity index (χ1n) is 8.45. The first kappa shape index (κ1) is 18.8. The van der Waals surface area contributed by atoms with Gasteiger partial charge in [0.05, 0.1) is 11.8 Å². The van der Waals surface area contributed by atoms with Crippen LogP contribution in [0.2, 0.25) is 0 Å². The van der Waals surface area contributed by atoms with Gasteiger partial charge in [0.2, 0.25) is 0 Å². The number of carbonyl (C=O) groups excluding carboxylic acids is 1. The number of hydrogen-bond donors (Lipinski definition) is 1. The highest BCUT2D eigenvalue weighted by Crippen LogP contribution is 2.22. The highest BCUT2D eigenvalue weighted by atomic mass is 16.4. The highest BCUT2D eigenvalue weighted by molar-refractivity contribution is 5.97. The third kappa shape index (κ3) is 4.50. The molecule has 1 aromatic carbocycles. The molecule has 0 bridgehead atoms. The molecule has 0 radical (unpaired) electrons. The van der Waals surface area contributed by atoms with Gasteiger partial charge in [-0.15, -0.1) is 0 Å². The largest absolute Gasteiger partial charge is 0.481 e. The third-order valence-corrected chi connectivity index (χ3v) is 4.51. The van der Waals surface area contributed by atoms with Crippen LogP contribution in [-0.2, 0) is 17.6 Å². The number of nitrogens with zero attached hydrogens (tertiary/aromatic N) is 1. The fourth-order valence-corrected chi connectivity index (χ4v) is 2.95. The summed E-state index contributed by atoms with van der Waals surface area (Å²) in [6, 6.07) is 8.32. The number of amides is 1. The van der Waals surface area contributed by atoms with E-state index in [-0.39, 0.29) is 24.1 Å². The summed E-state index contributed by atoms with van der Waals surface area (Å²) in [6.07, 6.45) is 2.71. The fraction of sp³-hybridized carbons (Fsp3) is 0.400. The van der Waals surface area contributed by atoms with Gasteiger partial charge in [-0.1, -0.05) is 36.8 Å². The minimum atomic E-state index is -1.02. The van der Waals surface area contributed by atoms with Crippen LogP contribution in [0.15, 0.2) is 34.9 Å². The molecule has 5 nitrogen and oxygen atoms in total. The topological polar surface area (TPSA) is 70.8 Å². The van der Waals surface area contributed by atoms with Gasteiger partial charge in [0, 0.05) is 18.7 Å². The number of carbonyl (C=O) groups is 2. The molecule has 134 valence electrons. The molecule has 0 aliphatic carbocycles. The number of carboxylic acid groups (broad SMARTS) is 1. The molecule has 1 heterocycles. The SMILES string of the molecule is CCC(Cc1ccc(C)cc1)N(C)C(=O)c1c(C)coc1CC(=O)O. The van der Waals surface area contributed by atoms with Crippen molar-refractivity contribution in [2.24, 2.45) is 0 Å². The number of hydrogen-bond acceptors (Lipinski definition) is 3. The van der Waals surface area contributed by atoms with Crippen molar-refractivity contribution in [1.82, 2.24) is 4.90 Å². The Hall–Kier alpha value is -2.56. The van der Waals surface area contributed by atoms with Gasteiger partial charge in [-0.25, -0.2) is 0 Å². The van der Waals surface area contributed by atoms with Crippen molar-refractivity contribution in [3.05, 3.63) is 58.5 Å². The van der Waals surface area contributed by atoms with Crippen molar-refractivity contribution >= 4 is 11.9 Å². The maximum absolute atomic E-state index is 12.9. The monoisotopic (exact) mass is 343 g/mol. The Bertz CT molecular complexity index is 746. The number of aryl methyl sites for hydroxylation is 2. The van der Waals surface area contributed by atoms with Gasteiger partial charge < -0.3 is 14.4 Å². The average Bonchev–Trinajstić information content (AvgIpc) is 2.92. The fourth-order valence-electron chi connectivity index (χ4n) is 2.95. The summed E-state index contributed by atoms with van der Waals surface area (Å²) >= 11 is 0. The molecule has 0 fully saturated rings. The van der Waals surface area contributed by atoms with Crippen LogP contribution in [0.5, 0.6) is 0 Å². The lowest BCUT2D eigenvalue weighted by Gasteiger charge is -2.28. The first-order chi connectivity index (χ1) is 11.8. The molecule has 25 heavy (non-hydrogen) atoms. The van der Waals surface area contributed by atoms with Gasteiger partial charge in [-0.3, -0.25) is 9.59 Å². The quantitative estimate of drug-likeness (QED) is 0.833. The van der Waals surface area contributed by atoms with E-state index in [1.54, 1.807) is 18.9 Å². The summed E-state index contributed by atoms with van der Waals surface area (Å²) < 4.78 is 5.29. The second-order valence-corrected chi connectivity index (χ2v) is 6.46. The number of carboxylic acids is 1. The smallest absolute Gasteiger partial charge is 0.311 e. The second kappa shape index (κ2) is 8.01. The standard InChI is InChI=1S/C20H25NO4/c1-5-16(10-15-8-6-13(2)7-9-15)21(4)20(24)19-14(3)12-25-17(19)11-18(22)23/h6-9,12,16H,5,10-11H2,1-4H3,(H,22,23). The van der Waals surface area contributed by atoms with E-state index in [0.717, 1.165) is 12.8 Å². The lowest BCUT2D eigenvalue weighted by atomic mass is 10.0. The summed E-state index contributed by atoms with van der Waals surface area (Å²) in [4.78, 5) is 25.6. The summed E-state index contributed by atoms with van der Waals surface area (Å²) in [5, 5.41) is 9.01. The maximum atomic E-state index is 12.9. The molecule has 0 saturated carbocycles. The van der Waals surface area contributed by atoms with E-state index >= 15 is 0 Å². The third-order valence-electron chi connectivity index (χ3n) is 4.51. The van der Waals surface area contributed by atoms with Crippen LogP contribution in [0.4, 0.5) is 0 Å². The molecule has 1 aromatic heterocycles. The summed E-state index contributed by atoms with van der Waals surface area (Å²) in [5.41, 5.74) is 3.41. The molecule has 1 atom stereocenters. The molecule has 0 aliphatic rings. The van der Waals surface area contributed by atoms with Crippen molar-refractivity contribution < 1.29 is 19.1 Å². The van der Waals surface area contributed by atoms with Crippen LogP contribution in [-0.4, -0.2) is 35.0 Å². The lowest BCUT2D eigenvalue weighted by molar-refractivity contribution is -0.136. The molecule has 2 aromatic rings. The zero-order valence-electron chi connectivity index (χ0n) is 15.2. The van der Waals surface area contributed by atoms with Crippen LogP contribution < -0.4 is 0 Å². The van der Waals surface area contributed by atoms with Crippen LogP contribution in [0.1, 0.15) is 46.2 Å². The lowest BCUT2D eigenvalue weighted by Crippen LogP contribution is -2.38. The summed E-state index contributed by atoms with van der Waals surface area (Å²) in [5.74, 6) is -0.994. The Labute approximate surface area is 148 Å². The molecule has 0 saturated heterocycles. The Morgan fingerprint density at radius 3 is 2.40 bits per heavy atom. The van der Waals surface area contributed by atoms with Crippen LogP contribution in [0.25, 0.3) is 0 Å². The molecule has 0 aliphatic heterocycles. The molecular weight excluding hydrogens is 318 g/mol. The van der Waals surface area contributed by atoms with Crippen LogP contribution in [0.3, 0.4) is 0 Å². The molecule has 1 unspecified atom stereocenters.